The van der Waals surface area contributed by atoms with Crippen molar-refractivity contribution in [3.8, 4) is 0 Å². The molecule has 0 spiro atoms. The van der Waals surface area contributed by atoms with Crippen LogP contribution in [0, 0.1) is 0 Å². The summed E-state index contributed by atoms with van der Waals surface area (Å²) in [6.07, 6.45) is 0. The molecule has 2 aliphatic rings. The van der Waals surface area contributed by atoms with E-state index < -0.39 is 5.54 Å². The van der Waals surface area contributed by atoms with E-state index in [4.69, 9.17) is 4.74 Å². The van der Waals surface area contributed by atoms with Gasteiger partial charge in [-0.3, -0.25) is 9.69 Å². The maximum absolute atomic E-state index is 13.0. The third-order valence-corrected chi connectivity index (χ3v) is 5.77. The lowest BCUT2D eigenvalue weighted by Crippen LogP contribution is -2.42. The molecule has 0 bridgehead atoms. The van der Waals surface area contributed by atoms with Crippen molar-refractivity contribution in [2.45, 2.75) is 19.0 Å². The average Bonchev–Trinajstić information content (AvgIpc) is 2.99. The van der Waals surface area contributed by atoms with Crippen LogP contribution in [0.2, 0.25) is 0 Å². The number of benzene rings is 2. The van der Waals surface area contributed by atoms with Crippen molar-refractivity contribution in [2.24, 2.45) is 0 Å². The van der Waals surface area contributed by atoms with Crippen molar-refractivity contribution in [2.75, 3.05) is 44.9 Å². The zero-order chi connectivity index (χ0) is 21.1. The molecule has 0 unspecified atom stereocenters. The third-order valence-electron chi connectivity index (χ3n) is 5.77. The summed E-state index contributed by atoms with van der Waals surface area (Å²) < 4.78 is 5.41. The Labute approximate surface area is 177 Å². The molecule has 2 heterocycles. The monoisotopic (exact) mass is 408 g/mol. The maximum Gasteiger partial charge on any atom is 0.326 e. The quantitative estimate of drug-likeness (QED) is 0.744. The van der Waals surface area contributed by atoms with Crippen molar-refractivity contribution < 1.29 is 14.3 Å². The largest absolute Gasteiger partial charge is 0.378 e. The first-order valence-electron chi connectivity index (χ1n) is 10.3. The van der Waals surface area contributed by atoms with Gasteiger partial charge < -0.3 is 15.0 Å². The van der Waals surface area contributed by atoms with Crippen LogP contribution in [0.25, 0.3) is 0 Å². The van der Waals surface area contributed by atoms with Gasteiger partial charge in [0.05, 0.1) is 19.9 Å². The minimum absolute atomic E-state index is 0.229. The van der Waals surface area contributed by atoms with Gasteiger partial charge in [-0.25, -0.2) is 9.69 Å². The van der Waals surface area contributed by atoms with E-state index in [1.54, 1.807) is 6.92 Å². The first-order chi connectivity index (χ1) is 14.5. The molecule has 2 aromatic carbocycles. The first-order valence-corrected chi connectivity index (χ1v) is 10.3. The van der Waals surface area contributed by atoms with E-state index in [-0.39, 0.29) is 18.6 Å². The molecule has 1 N–H and O–H groups in total. The van der Waals surface area contributed by atoms with E-state index >= 15 is 0 Å². The Morgan fingerprint density at radius 1 is 1.03 bits per heavy atom. The standard InChI is InChI=1S/C23H28N4O3/c1-23(19-6-4-3-5-7-19)21(28)27(22(29)24-23)17-25(2)16-18-8-10-20(11-9-18)26-12-14-30-15-13-26/h3-11H,12-17H2,1-2H3,(H,24,29)/t23-/m1/s1. The molecule has 0 aromatic heterocycles. The fraction of sp³-hybridized carbons (Fsp3) is 0.391. The molecule has 2 saturated heterocycles. The summed E-state index contributed by atoms with van der Waals surface area (Å²) in [4.78, 5) is 31.1. The number of urea groups is 1. The Balaban J connectivity index is 1.38. The number of carbonyl (C=O) groups excluding carboxylic acids is 2. The molecule has 4 rings (SSSR count). The molecule has 0 radical (unpaired) electrons. The summed E-state index contributed by atoms with van der Waals surface area (Å²) in [5.41, 5.74) is 2.08. The number of ether oxygens (including phenoxy) is 1. The van der Waals surface area contributed by atoms with Crippen LogP contribution < -0.4 is 10.2 Å². The Morgan fingerprint density at radius 3 is 2.37 bits per heavy atom. The number of hydrogen-bond donors (Lipinski definition) is 1. The van der Waals surface area contributed by atoms with E-state index in [0.29, 0.717) is 6.54 Å². The average molecular weight is 409 g/mol. The molecule has 0 aliphatic carbocycles. The molecule has 2 fully saturated rings. The Kier molecular flexibility index (Phi) is 5.74. The van der Waals surface area contributed by atoms with Gasteiger partial charge in [0.2, 0.25) is 0 Å². The SMILES string of the molecule is CN(Cc1ccc(N2CCOCC2)cc1)CN1C(=O)N[C@](C)(c2ccccc2)C1=O. The van der Waals surface area contributed by atoms with Crippen LogP contribution in [0.5, 0.6) is 0 Å². The van der Waals surface area contributed by atoms with Gasteiger partial charge in [0.25, 0.3) is 5.91 Å². The van der Waals surface area contributed by atoms with Crippen LogP contribution in [-0.2, 0) is 21.6 Å². The summed E-state index contributed by atoms with van der Waals surface area (Å²) in [5.74, 6) is -0.229. The van der Waals surface area contributed by atoms with E-state index in [1.807, 2.05) is 42.3 Å². The van der Waals surface area contributed by atoms with Crippen LogP contribution >= 0.6 is 0 Å². The summed E-state index contributed by atoms with van der Waals surface area (Å²) in [5, 5.41) is 2.85. The van der Waals surface area contributed by atoms with E-state index in [0.717, 1.165) is 37.4 Å². The lowest BCUT2D eigenvalue weighted by atomic mass is 9.92. The molecule has 30 heavy (non-hydrogen) atoms. The second kappa shape index (κ2) is 8.45. The van der Waals surface area contributed by atoms with Crippen LogP contribution in [0.1, 0.15) is 18.1 Å². The molecule has 158 valence electrons. The molecule has 0 saturated carbocycles. The number of morpholine rings is 1. The highest BCUT2D eigenvalue weighted by Crippen LogP contribution is 2.28. The van der Waals surface area contributed by atoms with Gasteiger partial charge in [-0.1, -0.05) is 42.5 Å². The number of imide groups is 1. The number of amides is 3. The fourth-order valence-electron chi connectivity index (χ4n) is 4.03. The van der Waals surface area contributed by atoms with Gasteiger partial charge >= 0.3 is 6.03 Å². The summed E-state index contributed by atoms with van der Waals surface area (Å²) >= 11 is 0. The number of nitrogens with zero attached hydrogens (tertiary/aromatic N) is 3. The van der Waals surface area contributed by atoms with Gasteiger partial charge in [-0.05, 0) is 37.2 Å². The molecule has 3 amide bonds. The normalized spacial score (nSPS) is 22.0. The Morgan fingerprint density at radius 2 is 1.70 bits per heavy atom. The van der Waals surface area contributed by atoms with Gasteiger partial charge in [0.1, 0.15) is 5.54 Å². The Hall–Kier alpha value is -2.90. The molecule has 2 aliphatic heterocycles. The third kappa shape index (κ3) is 4.04. The zero-order valence-corrected chi connectivity index (χ0v) is 17.5. The molecular weight excluding hydrogens is 380 g/mol. The summed E-state index contributed by atoms with van der Waals surface area (Å²) in [6.45, 7) is 5.97. The predicted molar refractivity (Wildman–Crippen MR) is 115 cm³/mol. The van der Waals surface area contributed by atoms with E-state index in [2.05, 4.69) is 34.5 Å². The fourth-order valence-corrected chi connectivity index (χ4v) is 4.03. The number of carbonyl (C=O) groups is 2. The zero-order valence-electron chi connectivity index (χ0n) is 17.5. The molecule has 2 aromatic rings. The van der Waals surface area contributed by atoms with Crippen LogP contribution in [0.15, 0.2) is 54.6 Å². The highest BCUT2D eigenvalue weighted by atomic mass is 16.5. The van der Waals surface area contributed by atoms with Gasteiger partial charge in [0.15, 0.2) is 0 Å². The lowest BCUT2D eigenvalue weighted by molar-refractivity contribution is -0.132. The van der Waals surface area contributed by atoms with Crippen molar-refractivity contribution in [3.05, 3.63) is 65.7 Å². The van der Waals surface area contributed by atoms with Crippen LogP contribution in [-0.4, -0.2) is 61.8 Å². The number of nitrogens with one attached hydrogen (secondary N) is 1. The second-order valence-electron chi connectivity index (χ2n) is 8.08. The number of anilines is 1. The van der Waals surface area contributed by atoms with Crippen molar-refractivity contribution in [3.63, 3.8) is 0 Å². The summed E-state index contributed by atoms with van der Waals surface area (Å²) in [6, 6.07) is 17.4. The summed E-state index contributed by atoms with van der Waals surface area (Å²) in [7, 11) is 1.91. The maximum atomic E-state index is 13.0. The first kappa shape index (κ1) is 20.4. The van der Waals surface area contributed by atoms with E-state index in [9.17, 15) is 9.59 Å². The van der Waals surface area contributed by atoms with Crippen LogP contribution in [0.4, 0.5) is 10.5 Å². The molecule has 7 nitrogen and oxygen atoms in total. The Bertz CT molecular complexity index is 896. The lowest BCUT2D eigenvalue weighted by Gasteiger charge is -2.29. The minimum atomic E-state index is -1.03. The van der Waals surface area contributed by atoms with E-state index in [1.165, 1.54) is 10.6 Å². The number of hydrogen-bond acceptors (Lipinski definition) is 5. The molecular formula is C23H28N4O3. The van der Waals surface area contributed by atoms with Gasteiger partial charge in [-0.15, -0.1) is 0 Å². The minimum Gasteiger partial charge on any atom is -0.378 e. The molecule has 1 atom stereocenters. The topological polar surface area (TPSA) is 65.1 Å². The van der Waals surface area contributed by atoms with Gasteiger partial charge in [-0.2, -0.15) is 0 Å². The molecule has 7 heteroatoms. The van der Waals surface area contributed by atoms with Crippen LogP contribution in [0.3, 0.4) is 0 Å². The highest BCUT2D eigenvalue weighted by Gasteiger charge is 2.49. The van der Waals surface area contributed by atoms with Gasteiger partial charge in [0, 0.05) is 25.3 Å². The highest BCUT2D eigenvalue weighted by molar-refractivity contribution is 6.07. The number of rotatable bonds is 6. The second-order valence-corrected chi connectivity index (χ2v) is 8.08. The predicted octanol–water partition coefficient (Wildman–Crippen LogP) is 2.38. The van der Waals surface area contributed by atoms with Crippen molar-refractivity contribution in [1.82, 2.24) is 15.1 Å². The van der Waals surface area contributed by atoms with Crippen molar-refractivity contribution >= 4 is 17.6 Å². The smallest absolute Gasteiger partial charge is 0.326 e. The van der Waals surface area contributed by atoms with Crippen molar-refractivity contribution in [1.29, 1.82) is 0 Å².